The van der Waals surface area contributed by atoms with Gasteiger partial charge in [-0.1, -0.05) is 55.8 Å². The van der Waals surface area contributed by atoms with Crippen LogP contribution in [0.3, 0.4) is 0 Å². The summed E-state index contributed by atoms with van der Waals surface area (Å²) in [5.41, 5.74) is 6.13. The monoisotopic (exact) mass is 552 g/mol. The van der Waals surface area contributed by atoms with Crippen LogP contribution in [0.1, 0.15) is 74.4 Å². The number of ether oxygens (including phenoxy) is 2. The molecular weight excluding hydrogens is 516 g/mol. The molecule has 0 aliphatic heterocycles. The molecule has 1 fully saturated rings. The van der Waals surface area contributed by atoms with Crippen LogP contribution in [-0.2, 0) is 27.1 Å². The molecule has 0 amide bonds. The minimum atomic E-state index is -0.342. The molecule has 0 atom stereocenters. The molecule has 2 aromatic heterocycles. The number of rotatable bonds is 10. The highest BCUT2D eigenvalue weighted by atomic mass is 16.6. The predicted octanol–water partition coefficient (Wildman–Crippen LogP) is 5.64. The number of benzene rings is 2. The Kier molecular flexibility index (Phi) is 8.95. The van der Waals surface area contributed by atoms with E-state index in [0.717, 1.165) is 72.1 Å². The van der Waals surface area contributed by atoms with E-state index in [1.165, 1.54) is 0 Å². The molecule has 212 valence electrons. The van der Waals surface area contributed by atoms with Crippen molar-refractivity contribution in [1.29, 1.82) is 5.26 Å². The van der Waals surface area contributed by atoms with Gasteiger partial charge in [-0.2, -0.15) is 10.4 Å². The van der Waals surface area contributed by atoms with Gasteiger partial charge in [-0.25, -0.2) is 9.31 Å². The number of aryl methyl sites for hydroxylation is 1. The molecule has 41 heavy (non-hydrogen) atoms. The molecule has 0 radical (unpaired) electrons. The quantitative estimate of drug-likeness (QED) is 0.236. The average molecular weight is 553 g/mol. The molecule has 0 saturated heterocycles. The van der Waals surface area contributed by atoms with E-state index in [9.17, 15) is 14.9 Å². The highest BCUT2D eigenvalue weighted by Crippen LogP contribution is 2.31. The molecule has 0 N–H and O–H groups in total. The van der Waals surface area contributed by atoms with Gasteiger partial charge in [0, 0.05) is 24.1 Å². The van der Waals surface area contributed by atoms with Crippen LogP contribution in [0, 0.1) is 11.3 Å². The lowest BCUT2D eigenvalue weighted by atomic mass is 9.92. The van der Waals surface area contributed by atoms with Crippen LogP contribution in [0.2, 0.25) is 0 Å². The second kappa shape index (κ2) is 13.0. The molecule has 4 aromatic rings. The zero-order valence-electron chi connectivity index (χ0n) is 23.7. The molecule has 0 bridgehead atoms. The first-order valence-electron chi connectivity index (χ1n) is 14.5. The van der Waals surface area contributed by atoms with E-state index >= 15 is 0 Å². The molecule has 0 unspecified atom stereocenters. The van der Waals surface area contributed by atoms with Crippen molar-refractivity contribution in [1.82, 2.24) is 14.2 Å². The molecule has 1 aliphatic carbocycles. The van der Waals surface area contributed by atoms with Crippen molar-refractivity contribution < 1.29 is 14.3 Å². The molecule has 1 saturated carbocycles. The minimum Gasteiger partial charge on any atom is -0.464 e. The summed E-state index contributed by atoms with van der Waals surface area (Å²) in [4.78, 5) is 25.9. The first-order valence-corrected chi connectivity index (χ1v) is 14.5. The maximum Gasteiger partial charge on any atom is 0.332 e. The third-order valence-electron chi connectivity index (χ3n) is 7.88. The molecule has 2 heterocycles. The van der Waals surface area contributed by atoms with E-state index in [1.807, 2.05) is 63.7 Å². The maximum absolute atomic E-state index is 14.2. The van der Waals surface area contributed by atoms with Crippen LogP contribution in [0.15, 0.2) is 65.6 Å². The summed E-state index contributed by atoms with van der Waals surface area (Å²) in [5.74, 6) is -0.342. The number of hydrogen-bond donors (Lipinski definition) is 0. The van der Waals surface area contributed by atoms with E-state index in [1.54, 1.807) is 13.1 Å². The third kappa shape index (κ3) is 6.10. The van der Waals surface area contributed by atoms with Crippen molar-refractivity contribution in [2.45, 2.75) is 70.9 Å². The van der Waals surface area contributed by atoms with Crippen LogP contribution in [-0.4, -0.2) is 39.5 Å². The van der Waals surface area contributed by atoms with Gasteiger partial charge in [0.2, 0.25) is 0 Å². The smallest absolute Gasteiger partial charge is 0.332 e. The van der Waals surface area contributed by atoms with Gasteiger partial charge in [0.1, 0.15) is 12.3 Å². The fraction of sp³-hybridized carbons (Fsp3) is 0.394. The van der Waals surface area contributed by atoms with Crippen molar-refractivity contribution in [2.24, 2.45) is 0 Å². The lowest BCUT2D eigenvalue weighted by Crippen LogP contribution is -2.35. The highest BCUT2D eigenvalue weighted by molar-refractivity contribution is 5.71. The summed E-state index contributed by atoms with van der Waals surface area (Å²) in [6, 6.07) is 19.9. The van der Waals surface area contributed by atoms with Gasteiger partial charge in [-0.05, 0) is 61.8 Å². The standard InChI is InChI=1S/C33H36N4O4/c1-3-7-30-29(20-23-10-12-24(13-11-23)28-9-6-5-8-25(28)21-34)33(39)36(31-18-19-35-37(30)31)26-14-16-27(17-15-26)41-22-32(38)40-4-2/h5-6,8-13,18-19,26-27H,3-4,7,14-17,20,22H2,1-2H3. The fourth-order valence-electron chi connectivity index (χ4n) is 5.91. The van der Waals surface area contributed by atoms with Crippen molar-refractivity contribution in [2.75, 3.05) is 13.2 Å². The minimum absolute atomic E-state index is 0.0178. The van der Waals surface area contributed by atoms with Gasteiger partial charge in [0.15, 0.2) is 0 Å². The molecule has 8 nitrogen and oxygen atoms in total. The zero-order chi connectivity index (χ0) is 28.8. The lowest BCUT2D eigenvalue weighted by Gasteiger charge is -2.31. The van der Waals surface area contributed by atoms with Crippen molar-refractivity contribution >= 4 is 11.6 Å². The number of hydrogen-bond acceptors (Lipinski definition) is 6. The second-order valence-corrected chi connectivity index (χ2v) is 10.5. The molecule has 1 aliphatic rings. The summed E-state index contributed by atoms with van der Waals surface area (Å²) >= 11 is 0. The number of carbonyl (C=O) groups excluding carboxylic acids is 1. The summed E-state index contributed by atoms with van der Waals surface area (Å²) in [7, 11) is 0. The van der Waals surface area contributed by atoms with E-state index in [0.29, 0.717) is 18.6 Å². The average Bonchev–Trinajstić information content (AvgIpc) is 3.48. The molecule has 8 heteroatoms. The number of aromatic nitrogens is 3. The van der Waals surface area contributed by atoms with Gasteiger partial charge in [0.05, 0.1) is 36.2 Å². The predicted molar refractivity (Wildman–Crippen MR) is 157 cm³/mol. The van der Waals surface area contributed by atoms with Gasteiger partial charge in [-0.15, -0.1) is 0 Å². The maximum atomic E-state index is 14.2. The summed E-state index contributed by atoms with van der Waals surface area (Å²) < 4.78 is 14.7. The lowest BCUT2D eigenvalue weighted by molar-refractivity contribution is -0.151. The largest absolute Gasteiger partial charge is 0.464 e. The van der Waals surface area contributed by atoms with E-state index < -0.39 is 0 Å². The summed E-state index contributed by atoms with van der Waals surface area (Å²) in [5, 5.41) is 14.1. The summed E-state index contributed by atoms with van der Waals surface area (Å²) in [6.07, 6.45) is 7.02. The molecule has 2 aromatic carbocycles. The topological polar surface area (TPSA) is 98.6 Å². The van der Waals surface area contributed by atoms with Crippen LogP contribution >= 0.6 is 0 Å². The molecule has 5 rings (SSSR count). The Morgan fingerprint density at radius 3 is 2.51 bits per heavy atom. The molecular formula is C33H36N4O4. The number of carbonyl (C=O) groups is 1. The third-order valence-corrected chi connectivity index (χ3v) is 7.88. The molecule has 0 spiro atoms. The van der Waals surface area contributed by atoms with Gasteiger partial charge in [-0.3, -0.25) is 9.36 Å². The van der Waals surface area contributed by atoms with Gasteiger partial charge >= 0.3 is 5.97 Å². The van der Waals surface area contributed by atoms with Crippen LogP contribution in [0.5, 0.6) is 0 Å². The van der Waals surface area contributed by atoms with E-state index in [2.05, 4.69) is 18.1 Å². The Hall–Kier alpha value is -4.22. The van der Waals surface area contributed by atoms with Crippen molar-refractivity contribution in [3.8, 4) is 17.2 Å². The SMILES string of the molecule is CCCc1c(Cc2ccc(-c3ccccc3C#N)cc2)c(=O)n(C2CCC(OCC(=O)OCC)CC2)c2ccnn12. The Balaban J connectivity index is 1.42. The Morgan fingerprint density at radius 1 is 1.05 bits per heavy atom. The Bertz CT molecular complexity index is 1610. The number of nitrogens with zero attached hydrogens (tertiary/aromatic N) is 4. The Morgan fingerprint density at radius 2 is 1.80 bits per heavy atom. The van der Waals surface area contributed by atoms with Crippen LogP contribution in [0.4, 0.5) is 0 Å². The van der Waals surface area contributed by atoms with E-state index in [-0.39, 0.29) is 30.3 Å². The van der Waals surface area contributed by atoms with Gasteiger partial charge < -0.3 is 9.47 Å². The highest BCUT2D eigenvalue weighted by Gasteiger charge is 2.28. The fourth-order valence-corrected chi connectivity index (χ4v) is 5.91. The van der Waals surface area contributed by atoms with Crippen LogP contribution in [0.25, 0.3) is 16.8 Å². The first-order chi connectivity index (χ1) is 20.0. The van der Waals surface area contributed by atoms with Crippen molar-refractivity contribution in [3.05, 3.63) is 93.5 Å². The summed E-state index contributed by atoms with van der Waals surface area (Å²) in [6.45, 7) is 4.20. The Labute approximate surface area is 240 Å². The number of esters is 1. The van der Waals surface area contributed by atoms with Crippen molar-refractivity contribution in [3.63, 3.8) is 0 Å². The zero-order valence-corrected chi connectivity index (χ0v) is 23.7. The number of nitriles is 1. The normalized spacial score (nSPS) is 16.9. The van der Waals surface area contributed by atoms with Crippen LogP contribution < -0.4 is 5.56 Å². The second-order valence-electron chi connectivity index (χ2n) is 10.5. The first kappa shape index (κ1) is 28.3. The number of fused-ring (bicyclic) bond motifs is 1. The van der Waals surface area contributed by atoms with E-state index in [4.69, 9.17) is 9.47 Å². The van der Waals surface area contributed by atoms with Gasteiger partial charge in [0.25, 0.3) is 5.56 Å².